The van der Waals surface area contributed by atoms with Crippen LogP contribution in [0.4, 0.5) is 0 Å². The van der Waals surface area contributed by atoms with Crippen molar-refractivity contribution in [2.45, 2.75) is 19.9 Å². The van der Waals surface area contributed by atoms with E-state index in [1.165, 1.54) is 0 Å². The summed E-state index contributed by atoms with van der Waals surface area (Å²) >= 11 is 0. The summed E-state index contributed by atoms with van der Waals surface area (Å²) in [5.74, 6) is 0.448. The highest BCUT2D eigenvalue weighted by Crippen LogP contribution is 2.43. The monoisotopic (exact) mass is 369 g/mol. The van der Waals surface area contributed by atoms with Crippen LogP contribution in [-0.4, -0.2) is 70.6 Å². The number of aromatic nitrogens is 3. The van der Waals surface area contributed by atoms with Crippen LogP contribution >= 0.6 is 0 Å². The fourth-order valence-corrected chi connectivity index (χ4v) is 4.33. The Morgan fingerprint density at radius 3 is 3.07 bits per heavy atom. The Morgan fingerprint density at radius 2 is 2.33 bits per heavy atom. The molecule has 2 atom stereocenters. The Balaban J connectivity index is 1.42. The molecule has 2 saturated heterocycles. The van der Waals surface area contributed by atoms with E-state index in [9.17, 15) is 4.79 Å². The van der Waals surface area contributed by atoms with Gasteiger partial charge in [0.25, 0.3) is 0 Å². The van der Waals surface area contributed by atoms with E-state index in [0.717, 1.165) is 43.1 Å². The Labute approximate surface area is 159 Å². The maximum absolute atomic E-state index is 13.4. The predicted octanol–water partition coefficient (Wildman–Crippen LogP) is 1.26. The molecule has 0 radical (unpaired) electrons. The molecule has 0 aliphatic carbocycles. The first-order chi connectivity index (χ1) is 13.1. The molecule has 2 aromatic heterocycles. The van der Waals surface area contributed by atoms with E-state index < -0.39 is 5.41 Å². The first kappa shape index (κ1) is 18.1. The first-order valence-corrected chi connectivity index (χ1v) is 9.53. The molecule has 0 bridgehead atoms. The summed E-state index contributed by atoms with van der Waals surface area (Å²) < 4.78 is 5.75. The molecule has 7 heteroatoms. The number of likely N-dealkylation sites (N-methyl/N-ethyl adjacent to an activating group) is 1. The van der Waals surface area contributed by atoms with Gasteiger partial charge in [0.2, 0.25) is 5.91 Å². The summed E-state index contributed by atoms with van der Waals surface area (Å²) in [7, 11) is 1.90. The van der Waals surface area contributed by atoms with Crippen LogP contribution in [0, 0.1) is 18.3 Å². The summed E-state index contributed by atoms with van der Waals surface area (Å²) in [5.41, 5.74) is 2.73. The number of imidazole rings is 1. The van der Waals surface area contributed by atoms with Crippen molar-refractivity contribution in [3.8, 4) is 0 Å². The summed E-state index contributed by atoms with van der Waals surface area (Å²) in [6, 6.07) is 5.89. The molecule has 2 aliphatic rings. The summed E-state index contributed by atoms with van der Waals surface area (Å²) in [4.78, 5) is 29.5. The Bertz CT molecular complexity index is 793. The highest BCUT2D eigenvalue weighted by molar-refractivity contribution is 5.84. The number of aryl methyl sites for hydroxylation is 1. The van der Waals surface area contributed by atoms with E-state index in [0.29, 0.717) is 19.8 Å². The van der Waals surface area contributed by atoms with Crippen molar-refractivity contribution in [1.82, 2.24) is 24.8 Å². The molecular formula is C20H27N5O2. The van der Waals surface area contributed by atoms with Crippen LogP contribution < -0.4 is 0 Å². The number of fused-ring (bicyclic) bond motifs is 1. The maximum Gasteiger partial charge on any atom is 0.232 e. The van der Waals surface area contributed by atoms with E-state index in [1.807, 2.05) is 37.1 Å². The lowest BCUT2D eigenvalue weighted by atomic mass is 9.79. The largest absolute Gasteiger partial charge is 0.380 e. The number of ether oxygens (including phenoxy) is 1. The molecule has 2 aromatic rings. The maximum atomic E-state index is 13.4. The average Bonchev–Trinajstić information content (AvgIpc) is 3.35. The van der Waals surface area contributed by atoms with Gasteiger partial charge in [-0.25, -0.2) is 4.98 Å². The number of carbonyl (C=O) groups is 1. The highest BCUT2D eigenvalue weighted by Gasteiger charge is 2.56. The Hall–Kier alpha value is -2.25. The third-order valence-corrected chi connectivity index (χ3v) is 5.95. The molecule has 0 spiro atoms. The van der Waals surface area contributed by atoms with E-state index in [4.69, 9.17) is 4.74 Å². The number of hydrogen-bond acceptors (Lipinski definition) is 5. The molecule has 1 N–H and O–H groups in total. The standard InChI is InChI=1S/C20H27N5O2/c1-15-18(23-14-22-15)10-25-9-16-11-27-13-20(16,12-25)19(26)24(2)8-6-17-5-3-4-7-21-17/h3-5,7,14,16H,6,8-13H2,1-2H3,(H,22,23)/t16-,20-/m1/s1. The number of amides is 1. The Morgan fingerprint density at radius 1 is 1.44 bits per heavy atom. The molecule has 0 saturated carbocycles. The van der Waals surface area contributed by atoms with Crippen molar-refractivity contribution in [2.24, 2.45) is 11.3 Å². The number of likely N-dealkylation sites (tertiary alicyclic amines) is 1. The molecular weight excluding hydrogens is 342 g/mol. The zero-order valence-corrected chi connectivity index (χ0v) is 16.0. The number of rotatable bonds is 6. The van der Waals surface area contributed by atoms with Gasteiger partial charge in [0.15, 0.2) is 0 Å². The molecule has 2 fully saturated rings. The lowest BCUT2D eigenvalue weighted by Crippen LogP contribution is -2.48. The minimum atomic E-state index is -0.428. The van der Waals surface area contributed by atoms with Crippen LogP contribution in [0.5, 0.6) is 0 Å². The van der Waals surface area contributed by atoms with Gasteiger partial charge in [-0.1, -0.05) is 6.07 Å². The average molecular weight is 369 g/mol. The zero-order valence-electron chi connectivity index (χ0n) is 16.0. The minimum Gasteiger partial charge on any atom is -0.380 e. The molecule has 2 aliphatic heterocycles. The molecule has 4 rings (SSSR count). The fourth-order valence-electron chi connectivity index (χ4n) is 4.33. The molecule has 27 heavy (non-hydrogen) atoms. The fraction of sp³-hybridized carbons (Fsp3) is 0.550. The lowest BCUT2D eigenvalue weighted by molar-refractivity contribution is -0.141. The van der Waals surface area contributed by atoms with Crippen LogP contribution in [0.1, 0.15) is 17.1 Å². The van der Waals surface area contributed by atoms with Crippen molar-refractivity contribution >= 4 is 5.91 Å². The lowest BCUT2D eigenvalue weighted by Gasteiger charge is -2.31. The van der Waals surface area contributed by atoms with Gasteiger partial charge in [-0.05, 0) is 19.1 Å². The number of pyridine rings is 1. The van der Waals surface area contributed by atoms with Crippen molar-refractivity contribution in [1.29, 1.82) is 0 Å². The smallest absolute Gasteiger partial charge is 0.232 e. The number of hydrogen-bond donors (Lipinski definition) is 1. The number of nitrogens with one attached hydrogen (secondary N) is 1. The quantitative estimate of drug-likeness (QED) is 0.830. The van der Waals surface area contributed by atoms with Crippen molar-refractivity contribution in [3.63, 3.8) is 0 Å². The Kier molecular flexibility index (Phi) is 4.97. The topological polar surface area (TPSA) is 74.4 Å². The van der Waals surface area contributed by atoms with Crippen molar-refractivity contribution < 1.29 is 9.53 Å². The first-order valence-electron chi connectivity index (χ1n) is 9.53. The van der Waals surface area contributed by atoms with Crippen LogP contribution in [0.25, 0.3) is 0 Å². The van der Waals surface area contributed by atoms with Crippen LogP contribution in [0.2, 0.25) is 0 Å². The van der Waals surface area contributed by atoms with Gasteiger partial charge in [0.1, 0.15) is 0 Å². The predicted molar refractivity (Wildman–Crippen MR) is 101 cm³/mol. The summed E-state index contributed by atoms with van der Waals surface area (Å²) in [6.45, 7) is 6.27. The van der Waals surface area contributed by atoms with E-state index in [2.05, 4.69) is 19.9 Å². The van der Waals surface area contributed by atoms with Gasteiger partial charge in [-0.15, -0.1) is 0 Å². The third kappa shape index (κ3) is 3.49. The number of carbonyl (C=O) groups excluding carboxylic acids is 1. The molecule has 4 heterocycles. The van der Waals surface area contributed by atoms with Gasteiger partial charge in [-0.2, -0.15) is 0 Å². The van der Waals surface area contributed by atoms with E-state index in [1.54, 1.807) is 12.5 Å². The van der Waals surface area contributed by atoms with Gasteiger partial charge in [0, 0.05) is 63.2 Å². The molecule has 0 unspecified atom stereocenters. The SMILES string of the molecule is Cc1[nH]cnc1CN1C[C@@H]2COC[C@]2(C(=O)N(C)CCc2ccccn2)C1. The number of aromatic amines is 1. The van der Waals surface area contributed by atoms with Gasteiger partial charge >= 0.3 is 0 Å². The van der Waals surface area contributed by atoms with Gasteiger partial charge in [-0.3, -0.25) is 14.7 Å². The third-order valence-electron chi connectivity index (χ3n) is 5.95. The molecule has 144 valence electrons. The van der Waals surface area contributed by atoms with E-state index >= 15 is 0 Å². The van der Waals surface area contributed by atoms with Gasteiger partial charge < -0.3 is 14.6 Å². The van der Waals surface area contributed by atoms with Crippen LogP contribution in [-0.2, 0) is 22.5 Å². The zero-order chi connectivity index (χ0) is 18.9. The molecule has 0 aromatic carbocycles. The second kappa shape index (κ2) is 7.40. The summed E-state index contributed by atoms with van der Waals surface area (Å²) in [6.07, 6.45) is 4.29. The van der Waals surface area contributed by atoms with Crippen molar-refractivity contribution in [3.05, 3.63) is 47.8 Å². The highest BCUT2D eigenvalue weighted by atomic mass is 16.5. The van der Waals surface area contributed by atoms with Crippen LogP contribution in [0.3, 0.4) is 0 Å². The molecule has 1 amide bonds. The normalized spacial score (nSPS) is 24.9. The second-order valence-corrected chi connectivity index (χ2v) is 7.81. The van der Waals surface area contributed by atoms with Crippen molar-refractivity contribution in [2.75, 3.05) is 39.9 Å². The molecule has 7 nitrogen and oxygen atoms in total. The van der Waals surface area contributed by atoms with E-state index in [-0.39, 0.29) is 11.8 Å². The minimum absolute atomic E-state index is 0.196. The summed E-state index contributed by atoms with van der Waals surface area (Å²) in [5, 5.41) is 0. The number of nitrogens with zero attached hydrogens (tertiary/aromatic N) is 4. The van der Waals surface area contributed by atoms with Gasteiger partial charge in [0.05, 0.1) is 30.7 Å². The number of H-pyrrole nitrogens is 1. The van der Waals surface area contributed by atoms with Crippen LogP contribution in [0.15, 0.2) is 30.7 Å². The second-order valence-electron chi connectivity index (χ2n) is 7.81.